The summed E-state index contributed by atoms with van der Waals surface area (Å²) >= 11 is 7.57. The van der Waals surface area contributed by atoms with Gasteiger partial charge in [0.1, 0.15) is 29.1 Å². The van der Waals surface area contributed by atoms with Crippen molar-refractivity contribution < 1.29 is 34.3 Å². The molecule has 0 amide bonds. The van der Waals surface area contributed by atoms with Gasteiger partial charge in [-0.3, -0.25) is 4.90 Å². The van der Waals surface area contributed by atoms with Gasteiger partial charge in [0.2, 0.25) is 0 Å². The summed E-state index contributed by atoms with van der Waals surface area (Å²) in [6.45, 7) is 1.00. The van der Waals surface area contributed by atoms with Gasteiger partial charge in [-0.1, -0.05) is 11.6 Å². The molecule has 0 saturated carbocycles. The summed E-state index contributed by atoms with van der Waals surface area (Å²) in [6.07, 6.45) is -4.55. The van der Waals surface area contributed by atoms with Crippen LogP contribution in [0.2, 0.25) is 5.02 Å². The summed E-state index contributed by atoms with van der Waals surface area (Å²) in [7, 11) is 1.57. The van der Waals surface area contributed by atoms with Crippen LogP contribution in [0.4, 0.5) is 4.39 Å². The summed E-state index contributed by atoms with van der Waals surface area (Å²) in [5.41, 5.74) is 1.56. The number of rotatable bonds is 11. The third-order valence-corrected chi connectivity index (χ3v) is 6.88. The van der Waals surface area contributed by atoms with E-state index in [1.54, 1.807) is 18.1 Å². The van der Waals surface area contributed by atoms with Gasteiger partial charge < -0.3 is 29.9 Å². The molecule has 0 aliphatic carbocycles. The highest BCUT2D eigenvalue weighted by molar-refractivity contribution is 7.13. The number of benzene rings is 1. The van der Waals surface area contributed by atoms with Crippen LogP contribution in [0.1, 0.15) is 25.0 Å². The predicted molar refractivity (Wildman–Crippen MR) is 128 cm³/mol. The molecule has 1 aromatic carbocycles. The van der Waals surface area contributed by atoms with Gasteiger partial charge in [-0.2, -0.15) is 0 Å². The lowest BCUT2D eigenvalue weighted by Crippen LogP contribution is -2.43. The van der Waals surface area contributed by atoms with Gasteiger partial charge >= 0.3 is 0 Å². The Morgan fingerprint density at radius 2 is 1.85 bits per heavy atom. The number of alkyl halides is 1. The molecule has 5 atom stereocenters. The Bertz CT molecular complexity index is 890. The van der Waals surface area contributed by atoms with Gasteiger partial charge in [0.25, 0.3) is 0 Å². The van der Waals surface area contributed by atoms with Gasteiger partial charge in [-0.25, -0.2) is 9.37 Å². The smallest absolute Gasteiger partial charge is 0.123 e. The van der Waals surface area contributed by atoms with E-state index in [2.05, 4.69) is 4.98 Å². The summed E-state index contributed by atoms with van der Waals surface area (Å²) in [4.78, 5) is 6.30. The molecule has 0 bridgehead atoms. The topological polar surface area (TPSA) is 116 Å². The van der Waals surface area contributed by atoms with Crippen molar-refractivity contribution in [2.24, 2.45) is 0 Å². The Balaban J connectivity index is 1.35. The fourth-order valence-electron chi connectivity index (χ4n) is 3.84. The average molecular weight is 519 g/mol. The fraction of sp³-hybridized carbons (Fsp3) is 0.609. The number of hydrogen-bond donors (Lipinski definition) is 4. The second-order valence-electron chi connectivity index (χ2n) is 8.51. The highest BCUT2D eigenvalue weighted by Crippen LogP contribution is 2.30. The molecule has 4 N–H and O–H groups in total. The van der Waals surface area contributed by atoms with Gasteiger partial charge in [0.05, 0.1) is 38.2 Å². The molecule has 0 spiro atoms. The molecule has 2 heterocycles. The van der Waals surface area contributed by atoms with Crippen LogP contribution in [0.3, 0.4) is 0 Å². The maximum Gasteiger partial charge on any atom is 0.123 e. The highest BCUT2D eigenvalue weighted by Gasteiger charge is 2.35. The van der Waals surface area contributed by atoms with Crippen molar-refractivity contribution in [3.63, 3.8) is 0 Å². The van der Waals surface area contributed by atoms with E-state index in [0.29, 0.717) is 42.3 Å². The lowest BCUT2D eigenvalue weighted by atomic mass is 10.1. The average Bonchev–Trinajstić information content (AvgIpc) is 3.26. The van der Waals surface area contributed by atoms with Crippen LogP contribution in [-0.2, 0) is 11.3 Å². The van der Waals surface area contributed by atoms with E-state index < -0.39 is 30.6 Å². The number of methoxy groups -OCH3 is 1. The first-order chi connectivity index (χ1) is 16.3. The standard InChI is InChI=1S/C23H32ClFN2O6S/c1-32-18-7-14(6-15(24)8-18)23-26-17(13-34-23)12-33-11-16(25)4-2-3-5-27-9-19(28)21(30)22(31)20(29)10-27/h6-8,13,16,19-22,28-31H,2-5,9-12H2,1H3/t16?,19-,20-,21+,22+/m0/s1. The Morgan fingerprint density at radius 1 is 1.15 bits per heavy atom. The molecule has 1 saturated heterocycles. The molecule has 1 aromatic heterocycles. The maximum absolute atomic E-state index is 14.2. The van der Waals surface area contributed by atoms with E-state index in [9.17, 15) is 24.8 Å². The van der Waals surface area contributed by atoms with Crippen molar-refractivity contribution in [1.82, 2.24) is 9.88 Å². The first-order valence-electron chi connectivity index (χ1n) is 11.2. The number of unbranched alkanes of at least 4 members (excludes halogenated alkanes) is 1. The van der Waals surface area contributed by atoms with Crippen molar-refractivity contribution in [2.45, 2.75) is 56.5 Å². The van der Waals surface area contributed by atoms with E-state index in [0.717, 1.165) is 10.6 Å². The molecule has 190 valence electrons. The molecule has 8 nitrogen and oxygen atoms in total. The van der Waals surface area contributed by atoms with E-state index in [-0.39, 0.29) is 26.3 Å². The normalized spacial score (nSPS) is 24.7. The quantitative estimate of drug-likeness (QED) is 0.335. The molecule has 1 aliphatic heterocycles. The zero-order valence-corrected chi connectivity index (χ0v) is 20.6. The minimum Gasteiger partial charge on any atom is -0.497 e. The molecule has 1 aliphatic rings. The third kappa shape index (κ3) is 7.82. The predicted octanol–water partition coefficient (Wildman–Crippen LogP) is 2.26. The van der Waals surface area contributed by atoms with Gasteiger partial charge in [-0.05, 0) is 44.0 Å². The largest absolute Gasteiger partial charge is 0.497 e. The van der Waals surface area contributed by atoms with E-state index >= 15 is 0 Å². The molecular formula is C23H32ClFN2O6S. The van der Waals surface area contributed by atoms with Crippen molar-refractivity contribution >= 4 is 22.9 Å². The summed E-state index contributed by atoms with van der Waals surface area (Å²) in [5.74, 6) is 0.647. The Kier molecular flexibility index (Phi) is 10.5. The Labute approximate surface area is 207 Å². The molecule has 34 heavy (non-hydrogen) atoms. The molecular weight excluding hydrogens is 487 g/mol. The number of β-amino-alcohol motifs (C(OH)–C–C–N with tert-alkyl or cyclic N) is 2. The van der Waals surface area contributed by atoms with Crippen LogP contribution in [0.5, 0.6) is 5.75 Å². The van der Waals surface area contributed by atoms with E-state index in [1.165, 1.54) is 11.3 Å². The number of likely N-dealkylation sites (tertiary alicyclic amines) is 1. The van der Waals surface area contributed by atoms with Gasteiger partial charge in [0, 0.05) is 29.1 Å². The van der Waals surface area contributed by atoms with Crippen molar-refractivity contribution in [1.29, 1.82) is 0 Å². The summed E-state index contributed by atoms with van der Waals surface area (Å²) in [5, 5.41) is 42.5. The zero-order valence-electron chi connectivity index (χ0n) is 19.0. The highest BCUT2D eigenvalue weighted by atomic mass is 35.5. The Hall–Kier alpha value is -1.37. The number of hydrogen-bond acceptors (Lipinski definition) is 9. The first-order valence-corrected chi connectivity index (χ1v) is 12.5. The fourth-order valence-corrected chi connectivity index (χ4v) is 4.86. The van der Waals surface area contributed by atoms with E-state index in [1.807, 2.05) is 17.5 Å². The minimum absolute atomic E-state index is 0.0304. The number of thiazole rings is 1. The number of aromatic nitrogens is 1. The second-order valence-corrected chi connectivity index (χ2v) is 9.80. The van der Waals surface area contributed by atoms with Crippen LogP contribution in [-0.4, -0.2) is 94.2 Å². The molecule has 1 unspecified atom stereocenters. The second kappa shape index (κ2) is 13.1. The summed E-state index contributed by atoms with van der Waals surface area (Å²) < 4.78 is 25.0. The molecule has 11 heteroatoms. The SMILES string of the molecule is COc1cc(Cl)cc(-c2nc(COCC(F)CCCCN3C[C@H](O)[C@@H](O)[C@H](O)[C@@H](O)C3)cs2)c1. The van der Waals surface area contributed by atoms with Crippen LogP contribution >= 0.6 is 22.9 Å². The Morgan fingerprint density at radius 3 is 2.53 bits per heavy atom. The first kappa shape index (κ1) is 27.2. The van der Waals surface area contributed by atoms with Crippen LogP contribution in [0.15, 0.2) is 23.6 Å². The minimum atomic E-state index is -1.38. The van der Waals surface area contributed by atoms with Crippen LogP contribution in [0.25, 0.3) is 10.6 Å². The van der Waals surface area contributed by atoms with Crippen molar-refractivity contribution in [3.05, 3.63) is 34.3 Å². The zero-order chi connectivity index (χ0) is 24.7. The lowest BCUT2D eigenvalue weighted by Gasteiger charge is -2.23. The van der Waals surface area contributed by atoms with Crippen LogP contribution in [0, 0.1) is 0 Å². The number of aliphatic hydroxyl groups excluding tert-OH is 4. The number of aliphatic hydroxyl groups is 4. The lowest BCUT2D eigenvalue weighted by molar-refractivity contribution is -0.0894. The molecule has 0 radical (unpaired) electrons. The molecule has 1 fully saturated rings. The van der Waals surface area contributed by atoms with Crippen molar-refractivity contribution in [3.8, 4) is 16.3 Å². The van der Waals surface area contributed by atoms with Crippen LogP contribution < -0.4 is 4.74 Å². The van der Waals surface area contributed by atoms with Gasteiger partial charge in [0.15, 0.2) is 0 Å². The third-order valence-electron chi connectivity index (χ3n) is 5.72. The number of ether oxygens (including phenoxy) is 2. The summed E-state index contributed by atoms with van der Waals surface area (Å²) in [6, 6.07) is 5.38. The number of halogens is 2. The molecule has 2 aromatic rings. The van der Waals surface area contributed by atoms with E-state index in [4.69, 9.17) is 21.1 Å². The van der Waals surface area contributed by atoms with Gasteiger partial charge in [-0.15, -0.1) is 11.3 Å². The number of nitrogens with zero attached hydrogens (tertiary/aromatic N) is 2. The maximum atomic E-state index is 14.2. The van der Waals surface area contributed by atoms with Crippen molar-refractivity contribution in [2.75, 3.05) is 33.4 Å². The molecule has 3 rings (SSSR count). The monoisotopic (exact) mass is 518 g/mol.